The topological polar surface area (TPSA) is 89.8 Å². The van der Waals surface area contributed by atoms with Crippen LogP contribution >= 0.6 is 23.1 Å². The predicted molar refractivity (Wildman–Crippen MR) is 98.8 cm³/mol. The van der Waals surface area contributed by atoms with E-state index < -0.39 is 0 Å². The van der Waals surface area contributed by atoms with Gasteiger partial charge in [-0.3, -0.25) is 9.59 Å². The van der Waals surface area contributed by atoms with Gasteiger partial charge in [-0.1, -0.05) is 35.2 Å². The monoisotopic (exact) mass is 375 g/mol. The van der Waals surface area contributed by atoms with Crippen LogP contribution in [-0.2, 0) is 21.9 Å². The molecule has 0 fully saturated rings. The van der Waals surface area contributed by atoms with Gasteiger partial charge in [0.2, 0.25) is 11.0 Å². The maximum Gasteiger partial charge on any atom is 0.233 e. The van der Waals surface area contributed by atoms with E-state index in [1.54, 1.807) is 0 Å². The van der Waals surface area contributed by atoms with Crippen molar-refractivity contribution in [2.24, 2.45) is 0 Å². The maximum absolute atomic E-state index is 11.6. The summed E-state index contributed by atoms with van der Waals surface area (Å²) < 4.78 is 2.92. The first-order valence-electron chi connectivity index (χ1n) is 7.76. The quantitative estimate of drug-likeness (QED) is 0.388. The van der Waals surface area contributed by atoms with Crippen LogP contribution in [-0.4, -0.2) is 31.4 Å². The number of thioether (sulfide) groups is 1. The average Bonchev–Trinajstić information content (AvgIpc) is 3.15. The Morgan fingerprint density at radius 2 is 2.08 bits per heavy atom. The first-order valence-corrected chi connectivity index (χ1v) is 9.56. The molecule has 0 radical (unpaired) electrons. The molecule has 1 aromatic carbocycles. The Hall–Kier alpha value is -2.26. The average molecular weight is 375 g/mol. The largest absolute Gasteiger partial charge is 0.328 e. The summed E-state index contributed by atoms with van der Waals surface area (Å²) in [6.07, 6.45) is -0.150. The number of aryl methyl sites for hydroxylation is 1. The second-order valence-corrected chi connectivity index (χ2v) is 7.55. The Morgan fingerprint density at radius 1 is 1.28 bits per heavy atom. The van der Waals surface area contributed by atoms with E-state index in [1.807, 2.05) is 18.2 Å². The van der Waals surface area contributed by atoms with E-state index >= 15 is 0 Å². The van der Waals surface area contributed by atoms with Gasteiger partial charge < -0.3 is 9.88 Å². The van der Waals surface area contributed by atoms with E-state index in [9.17, 15) is 9.59 Å². The number of carbonyl (C=O) groups is 2. The van der Waals surface area contributed by atoms with E-state index in [0.29, 0.717) is 10.9 Å². The minimum atomic E-state index is -0.368. The van der Waals surface area contributed by atoms with Gasteiger partial charge in [-0.05, 0) is 26.0 Å². The molecule has 9 heteroatoms. The van der Waals surface area contributed by atoms with Crippen molar-refractivity contribution in [1.29, 1.82) is 0 Å². The lowest BCUT2D eigenvalue weighted by atomic mass is 10.3. The highest BCUT2D eigenvalue weighted by Crippen LogP contribution is 2.29. The fourth-order valence-corrected chi connectivity index (χ4v) is 4.14. The summed E-state index contributed by atoms with van der Waals surface area (Å²) in [7, 11) is 0. The van der Waals surface area contributed by atoms with E-state index in [1.165, 1.54) is 30.0 Å². The van der Waals surface area contributed by atoms with Crippen molar-refractivity contribution in [1.82, 2.24) is 19.7 Å². The molecule has 0 saturated carbocycles. The molecule has 0 aliphatic rings. The van der Waals surface area contributed by atoms with Crippen LogP contribution in [0.25, 0.3) is 11.0 Å². The molecule has 2 aromatic heterocycles. The van der Waals surface area contributed by atoms with Crippen LogP contribution in [0.15, 0.2) is 28.6 Å². The highest BCUT2D eigenvalue weighted by molar-refractivity contribution is 8.00. The Bertz CT molecular complexity index is 918. The van der Waals surface area contributed by atoms with Crippen LogP contribution in [0.2, 0.25) is 0 Å². The van der Waals surface area contributed by atoms with Crippen LogP contribution < -0.4 is 5.32 Å². The van der Waals surface area contributed by atoms with E-state index in [-0.39, 0.29) is 18.1 Å². The van der Waals surface area contributed by atoms with Crippen LogP contribution in [0, 0.1) is 0 Å². The highest BCUT2D eigenvalue weighted by atomic mass is 32.2. The number of imidazole rings is 1. The van der Waals surface area contributed by atoms with Crippen molar-refractivity contribution in [2.45, 2.75) is 36.9 Å². The molecule has 1 N–H and O–H groups in total. The third-order valence-corrected chi connectivity index (χ3v) is 5.40. The van der Waals surface area contributed by atoms with Gasteiger partial charge in [0.1, 0.15) is 11.6 Å². The Labute approximate surface area is 152 Å². The van der Waals surface area contributed by atoms with E-state index in [2.05, 4.69) is 38.1 Å². The molecule has 0 bridgehead atoms. The molecule has 25 heavy (non-hydrogen) atoms. The number of hydrogen-bond donors (Lipinski definition) is 1. The third kappa shape index (κ3) is 4.23. The molecule has 0 unspecified atom stereocenters. The van der Waals surface area contributed by atoms with Crippen molar-refractivity contribution in [2.75, 3.05) is 5.32 Å². The second-order valence-electron chi connectivity index (χ2n) is 5.35. The number of rotatable bonds is 7. The van der Waals surface area contributed by atoms with Crippen molar-refractivity contribution in [3.63, 3.8) is 0 Å². The number of aromatic nitrogens is 4. The molecule has 7 nitrogen and oxygen atoms in total. The minimum Gasteiger partial charge on any atom is -0.328 e. The standard InChI is InChI=1S/C16H17N5O2S2/c1-3-21-12-7-5-4-6-11(12)17-13(21)9-24-16-20-19-15(25-16)18-14(23)8-10(2)22/h4-7H,3,8-9H2,1-2H3,(H,18,19,23). The van der Waals surface area contributed by atoms with Gasteiger partial charge >= 0.3 is 0 Å². The van der Waals surface area contributed by atoms with Gasteiger partial charge in [-0.2, -0.15) is 0 Å². The van der Waals surface area contributed by atoms with E-state index in [4.69, 9.17) is 0 Å². The lowest BCUT2D eigenvalue weighted by molar-refractivity contribution is -0.124. The number of ketones is 1. The Kier molecular flexibility index (Phi) is 5.44. The summed E-state index contributed by atoms with van der Waals surface area (Å²) in [5.74, 6) is 1.09. The van der Waals surface area contributed by atoms with Crippen molar-refractivity contribution < 1.29 is 9.59 Å². The van der Waals surface area contributed by atoms with Crippen LogP contribution in [0.4, 0.5) is 5.13 Å². The molecular formula is C16H17N5O2S2. The van der Waals surface area contributed by atoms with Gasteiger partial charge in [-0.25, -0.2) is 4.98 Å². The van der Waals surface area contributed by atoms with Crippen LogP contribution in [0.5, 0.6) is 0 Å². The lowest BCUT2D eigenvalue weighted by Crippen LogP contribution is -2.14. The number of nitrogens with one attached hydrogen (secondary N) is 1. The molecule has 1 amide bonds. The summed E-state index contributed by atoms with van der Waals surface area (Å²) in [6.45, 7) is 4.32. The van der Waals surface area contributed by atoms with Crippen LogP contribution in [0.1, 0.15) is 26.1 Å². The Morgan fingerprint density at radius 3 is 2.84 bits per heavy atom. The minimum absolute atomic E-state index is 0.150. The number of benzene rings is 1. The van der Waals surface area contributed by atoms with Gasteiger partial charge in [0, 0.05) is 6.54 Å². The first kappa shape index (κ1) is 17.6. The number of nitrogens with zero attached hydrogens (tertiary/aromatic N) is 4. The zero-order chi connectivity index (χ0) is 17.8. The molecule has 0 aliphatic carbocycles. The van der Waals surface area contributed by atoms with Crippen molar-refractivity contribution in [3.05, 3.63) is 30.1 Å². The first-order chi connectivity index (χ1) is 12.1. The molecule has 130 valence electrons. The normalized spacial score (nSPS) is 11.0. The summed E-state index contributed by atoms with van der Waals surface area (Å²) in [6, 6.07) is 8.05. The summed E-state index contributed by atoms with van der Waals surface area (Å²) >= 11 is 2.81. The summed E-state index contributed by atoms with van der Waals surface area (Å²) in [5.41, 5.74) is 2.10. The fourth-order valence-electron chi connectivity index (χ4n) is 2.42. The number of fused-ring (bicyclic) bond motifs is 1. The van der Waals surface area contributed by atoms with Gasteiger partial charge in [-0.15, -0.1) is 10.2 Å². The summed E-state index contributed by atoms with van der Waals surface area (Å²) in [5, 5.41) is 11.0. The third-order valence-electron chi connectivity index (χ3n) is 3.44. The molecule has 0 spiro atoms. The van der Waals surface area contributed by atoms with Gasteiger partial charge in [0.05, 0.1) is 23.2 Å². The molecule has 0 saturated heterocycles. The zero-order valence-corrected chi connectivity index (χ0v) is 15.5. The van der Waals surface area contributed by atoms with Gasteiger partial charge in [0.15, 0.2) is 4.34 Å². The number of para-hydroxylation sites is 2. The maximum atomic E-state index is 11.6. The van der Waals surface area contributed by atoms with Crippen molar-refractivity contribution in [3.8, 4) is 0 Å². The second kappa shape index (κ2) is 7.75. The van der Waals surface area contributed by atoms with Crippen LogP contribution in [0.3, 0.4) is 0 Å². The molecule has 3 aromatic rings. The Balaban J connectivity index is 1.66. The molecular weight excluding hydrogens is 358 g/mol. The summed E-state index contributed by atoms with van der Waals surface area (Å²) in [4.78, 5) is 27.2. The molecule has 0 aliphatic heterocycles. The zero-order valence-electron chi connectivity index (χ0n) is 13.9. The number of amides is 1. The molecule has 2 heterocycles. The van der Waals surface area contributed by atoms with E-state index in [0.717, 1.165) is 27.7 Å². The molecule has 3 rings (SSSR count). The SMILES string of the molecule is CCn1c(CSc2nnc(NC(=O)CC(C)=O)s2)nc2ccccc21. The highest BCUT2D eigenvalue weighted by Gasteiger charge is 2.13. The number of hydrogen-bond acceptors (Lipinski definition) is 7. The number of anilines is 1. The lowest BCUT2D eigenvalue weighted by Gasteiger charge is -2.04. The molecule has 0 atom stereocenters. The predicted octanol–water partition coefficient (Wildman–Crippen LogP) is 3.12. The van der Waals surface area contributed by atoms with Crippen molar-refractivity contribution >= 4 is 51.0 Å². The van der Waals surface area contributed by atoms with Gasteiger partial charge in [0.25, 0.3) is 0 Å². The fraction of sp³-hybridized carbons (Fsp3) is 0.312. The number of carbonyl (C=O) groups excluding carboxylic acids is 2. The number of Topliss-reactive ketones (excluding diaryl/α,β-unsaturated/α-hetero) is 1. The smallest absolute Gasteiger partial charge is 0.233 e.